The Bertz CT molecular complexity index is 1010. The Morgan fingerprint density at radius 3 is 2.31 bits per heavy atom. The van der Waals surface area contributed by atoms with E-state index < -0.39 is 49.2 Å². The number of phenols is 2. The molecule has 0 spiro atoms. The van der Waals surface area contributed by atoms with Gasteiger partial charge in [-0.15, -0.1) is 0 Å². The third kappa shape index (κ3) is 6.44. The Kier molecular flexibility index (Phi) is 9.49. The number of ether oxygens (including phenoxy) is 4. The maximum Gasteiger partial charge on any atom is 0.186 e. The second-order valence-electron chi connectivity index (χ2n) is 8.51. The quantitative estimate of drug-likeness (QED) is 0.233. The van der Waals surface area contributed by atoms with Crippen molar-refractivity contribution in [3.05, 3.63) is 47.5 Å². The van der Waals surface area contributed by atoms with Gasteiger partial charge in [-0.2, -0.15) is 0 Å². The molecular formula is C25H32O11. The molecule has 0 radical (unpaired) electrons. The summed E-state index contributed by atoms with van der Waals surface area (Å²) in [6.07, 6.45) is -7.91. The Labute approximate surface area is 208 Å². The lowest BCUT2D eigenvalue weighted by Gasteiger charge is -2.40. The molecule has 6 N–H and O–H groups in total. The minimum Gasteiger partial charge on any atom is -0.508 e. The molecule has 3 rings (SSSR count). The van der Waals surface area contributed by atoms with Crippen LogP contribution in [0.1, 0.15) is 28.8 Å². The van der Waals surface area contributed by atoms with Gasteiger partial charge in [-0.3, -0.25) is 4.79 Å². The van der Waals surface area contributed by atoms with Crippen LogP contribution in [0.4, 0.5) is 0 Å². The van der Waals surface area contributed by atoms with Crippen molar-refractivity contribution < 1.29 is 54.4 Å². The average Bonchev–Trinajstić information content (AvgIpc) is 2.87. The number of aliphatic hydroxyl groups is 4. The first kappa shape index (κ1) is 27.7. The molecule has 2 aromatic rings. The van der Waals surface area contributed by atoms with Crippen LogP contribution in [-0.4, -0.2) is 94.1 Å². The fourth-order valence-corrected chi connectivity index (χ4v) is 4.02. The molecule has 11 heteroatoms. The molecule has 36 heavy (non-hydrogen) atoms. The van der Waals surface area contributed by atoms with Gasteiger partial charge in [0, 0.05) is 18.6 Å². The van der Waals surface area contributed by atoms with Crippen LogP contribution in [0.5, 0.6) is 23.0 Å². The predicted molar refractivity (Wildman–Crippen MR) is 125 cm³/mol. The number of aryl methyl sites for hydroxylation is 1. The summed E-state index contributed by atoms with van der Waals surface area (Å²) >= 11 is 0. The van der Waals surface area contributed by atoms with E-state index in [1.807, 2.05) is 0 Å². The first-order valence-corrected chi connectivity index (χ1v) is 11.4. The van der Waals surface area contributed by atoms with Gasteiger partial charge >= 0.3 is 0 Å². The lowest BCUT2D eigenvalue weighted by atomic mass is 9.97. The van der Waals surface area contributed by atoms with Crippen molar-refractivity contribution in [2.24, 2.45) is 0 Å². The highest BCUT2D eigenvalue weighted by Gasteiger charge is 2.45. The molecule has 2 aromatic carbocycles. The lowest BCUT2D eigenvalue weighted by Crippen LogP contribution is -2.59. The summed E-state index contributed by atoms with van der Waals surface area (Å²) in [4.78, 5) is 13.2. The van der Waals surface area contributed by atoms with Crippen molar-refractivity contribution in [2.45, 2.75) is 56.1 Å². The Hall–Kier alpha value is -2.93. The Morgan fingerprint density at radius 1 is 1.00 bits per heavy atom. The molecule has 198 valence electrons. The number of carbonyl (C=O) groups excluding carboxylic acids is 1. The van der Waals surface area contributed by atoms with Crippen LogP contribution in [0.15, 0.2) is 36.4 Å². The molecule has 0 aliphatic carbocycles. The molecule has 1 fully saturated rings. The molecule has 0 unspecified atom stereocenters. The highest BCUT2D eigenvalue weighted by molar-refractivity contribution is 6.01. The van der Waals surface area contributed by atoms with E-state index in [4.69, 9.17) is 18.9 Å². The number of benzene rings is 2. The average molecular weight is 509 g/mol. The van der Waals surface area contributed by atoms with Crippen LogP contribution in [0.2, 0.25) is 0 Å². The van der Waals surface area contributed by atoms with E-state index in [1.54, 1.807) is 12.1 Å². The van der Waals surface area contributed by atoms with Gasteiger partial charge in [0.25, 0.3) is 0 Å². The number of ketones is 1. The number of Topliss-reactive ketones (excluding diaryl/α,β-unsaturated/α-hetero) is 1. The number of hydrogen-bond donors (Lipinski definition) is 6. The van der Waals surface area contributed by atoms with Gasteiger partial charge in [0.2, 0.25) is 0 Å². The monoisotopic (exact) mass is 508 g/mol. The van der Waals surface area contributed by atoms with Gasteiger partial charge in [0.1, 0.15) is 53.0 Å². The molecule has 11 nitrogen and oxygen atoms in total. The van der Waals surface area contributed by atoms with Crippen LogP contribution in [0, 0.1) is 0 Å². The van der Waals surface area contributed by atoms with Gasteiger partial charge < -0.3 is 49.6 Å². The minimum absolute atomic E-state index is 0.0784. The summed E-state index contributed by atoms with van der Waals surface area (Å²) in [7, 11) is 2.75. The number of aliphatic hydroxyl groups excluding tert-OH is 4. The van der Waals surface area contributed by atoms with Crippen LogP contribution in [0.3, 0.4) is 0 Å². The highest BCUT2D eigenvalue weighted by atomic mass is 16.7. The van der Waals surface area contributed by atoms with Crippen LogP contribution in [0.25, 0.3) is 0 Å². The number of rotatable bonds is 11. The SMILES string of the molecule is COc1cc(O)c(C(=O)C[C@@H](CCc2ccc(O)cc2)O[C@@H]2O[C@H](CO)[C@@H](O)[C@H](O)[C@H]2O)c(OC)c1. The van der Waals surface area contributed by atoms with Gasteiger partial charge in [-0.1, -0.05) is 12.1 Å². The number of aromatic hydroxyl groups is 2. The minimum atomic E-state index is -1.64. The highest BCUT2D eigenvalue weighted by Crippen LogP contribution is 2.35. The summed E-state index contributed by atoms with van der Waals surface area (Å²) in [6.45, 7) is -0.626. The number of methoxy groups -OCH3 is 2. The topological polar surface area (TPSA) is 175 Å². The van der Waals surface area contributed by atoms with Crippen molar-refractivity contribution >= 4 is 5.78 Å². The van der Waals surface area contributed by atoms with E-state index in [-0.39, 0.29) is 35.7 Å². The fraction of sp³-hybridized carbons (Fsp3) is 0.480. The Balaban J connectivity index is 1.83. The molecule has 1 saturated heterocycles. The first-order chi connectivity index (χ1) is 17.2. The largest absolute Gasteiger partial charge is 0.508 e. The van der Waals surface area contributed by atoms with Crippen LogP contribution < -0.4 is 9.47 Å². The van der Waals surface area contributed by atoms with Crippen LogP contribution in [-0.2, 0) is 15.9 Å². The van der Waals surface area contributed by atoms with E-state index in [0.717, 1.165) is 5.56 Å². The number of hydrogen-bond acceptors (Lipinski definition) is 11. The predicted octanol–water partition coefficient (Wildman–Crippen LogP) is 0.506. The lowest BCUT2D eigenvalue weighted by molar-refractivity contribution is -0.311. The maximum atomic E-state index is 13.2. The van der Waals surface area contributed by atoms with Gasteiger partial charge in [-0.05, 0) is 30.5 Å². The molecule has 0 amide bonds. The van der Waals surface area contributed by atoms with E-state index in [1.165, 1.54) is 38.5 Å². The van der Waals surface area contributed by atoms with Crippen molar-refractivity contribution in [1.82, 2.24) is 0 Å². The molecule has 0 aromatic heterocycles. The van der Waals surface area contributed by atoms with Crippen molar-refractivity contribution in [3.8, 4) is 23.0 Å². The maximum absolute atomic E-state index is 13.2. The Morgan fingerprint density at radius 2 is 1.69 bits per heavy atom. The molecule has 1 aliphatic heterocycles. The third-order valence-corrected chi connectivity index (χ3v) is 6.07. The van der Waals surface area contributed by atoms with Crippen molar-refractivity contribution in [1.29, 1.82) is 0 Å². The molecule has 1 aliphatic rings. The standard InChI is InChI=1S/C25H32O11/c1-33-16-10-18(29)21(19(11-16)34-2)17(28)9-15(8-5-13-3-6-14(27)7-4-13)35-25-24(32)23(31)22(30)20(12-26)36-25/h3-4,6-7,10-11,15,20,22-27,29-32H,5,8-9,12H2,1-2H3/t15-,20-,22-,23+,24-,25-/m1/s1. The summed E-state index contributed by atoms with van der Waals surface area (Å²) < 4.78 is 21.7. The fourth-order valence-electron chi connectivity index (χ4n) is 4.02. The van der Waals surface area contributed by atoms with E-state index >= 15 is 0 Å². The zero-order valence-corrected chi connectivity index (χ0v) is 20.0. The van der Waals surface area contributed by atoms with Gasteiger partial charge in [0.05, 0.1) is 26.9 Å². The molecule has 6 atom stereocenters. The normalized spacial score (nSPS) is 24.8. The van der Waals surface area contributed by atoms with Crippen LogP contribution >= 0.6 is 0 Å². The smallest absolute Gasteiger partial charge is 0.186 e. The van der Waals surface area contributed by atoms with Crippen molar-refractivity contribution in [3.63, 3.8) is 0 Å². The summed E-state index contributed by atoms with van der Waals surface area (Å²) in [5, 5.41) is 59.9. The van der Waals surface area contributed by atoms with Crippen molar-refractivity contribution in [2.75, 3.05) is 20.8 Å². The summed E-state index contributed by atoms with van der Waals surface area (Å²) in [5.41, 5.74) is 0.762. The van der Waals surface area contributed by atoms with E-state index in [2.05, 4.69) is 0 Å². The molecule has 0 bridgehead atoms. The van der Waals surface area contributed by atoms with Gasteiger partial charge in [-0.25, -0.2) is 0 Å². The third-order valence-electron chi connectivity index (χ3n) is 6.07. The zero-order valence-electron chi connectivity index (χ0n) is 20.0. The molecule has 1 heterocycles. The van der Waals surface area contributed by atoms with E-state index in [0.29, 0.717) is 12.2 Å². The number of phenolic OH excluding ortho intramolecular Hbond substituents is 2. The zero-order chi connectivity index (χ0) is 26.4. The summed E-state index contributed by atoms with van der Waals surface area (Å²) in [6, 6.07) is 9.19. The molecule has 0 saturated carbocycles. The summed E-state index contributed by atoms with van der Waals surface area (Å²) in [5.74, 6) is -0.372. The number of carbonyl (C=O) groups is 1. The molecular weight excluding hydrogens is 476 g/mol. The van der Waals surface area contributed by atoms with Gasteiger partial charge in [0.15, 0.2) is 12.1 Å². The second kappa shape index (κ2) is 12.3. The van der Waals surface area contributed by atoms with E-state index in [9.17, 15) is 35.4 Å². The second-order valence-corrected chi connectivity index (χ2v) is 8.51. The first-order valence-electron chi connectivity index (χ1n) is 11.4.